The van der Waals surface area contributed by atoms with Crippen LogP contribution in [0.4, 0.5) is 0 Å². The van der Waals surface area contributed by atoms with Crippen LogP contribution in [0.1, 0.15) is 26.7 Å². The first-order chi connectivity index (χ1) is 4.70. The Labute approximate surface area is 61.5 Å². The third-order valence-electron chi connectivity index (χ3n) is 1.26. The largest absolute Gasteiger partial charge is 0.466 e. The van der Waals surface area contributed by atoms with E-state index in [0.29, 0.717) is 13.0 Å². The van der Waals surface area contributed by atoms with E-state index in [1.807, 2.05) is 6.92 Å². The van der Waals surface area contributed by atoms with Gasteiger partial charge >= 0.3 is 5.97 Å². The predicted octanol–water partition coefficient (Wildman–Crippen LogP) is 0.677. The number of esters is 1. The molecule has 0 fully saturated rings. The second-order valence-corrected chi connectivity index (χ2v) is 2.18. The van der Waals surface area contributed by atoms with Crippen LogP contribution in [0.2, 0.25) is 0 Å². The van der Waals surface area contributed by atoms with Gasteiger partial charge in [-0.1, -0.05) is 6.92 Å². The molecule has 0 amide bonds. The molecule has 0 aliphatic carbocycles. The molecule has 0 saturated carbocycles. The lowest BCUT2D eigenvalue weighted by Gasteiger charge is -2.06. The van der Waals surface area contributed by atoms with Crippen molar-refractivity contribution in [1.29, 1.82) is 0 Å². The molecule has 3 heteroatoms. The number of rotatable bonds is 4. The smallest absolute Gasteiger partial charge is 0.307 e. The van der Waals surface area contributed by atoms with E-state index < -0.39 is 0 Å². The molecule has 1 atom stereocenters. The van der Waals surface area contributed by atoms with Gasteiger partial charge in [-0.25, -0.2) is 0 Å². The molecule has 3 nitrogen and oxygen atoms in total. The normalized spacial score (nSPS) is 12.7. The maximum atomic E-state index is 10.7. The minimum Gasteiger partial charge on any atom is -0.466 e. The lowest BCUT2D eigenvalue weighted by atomic mass is 10.2. The molecule has 0 aliphatic rings. The van der Waals surface area contributed by atoms with Crippen LogP contribution >= 0.6 is 0 Å². The molecule has 0 rings (SSSR count). The Morgan fingerprint density at radius 1 is 1.60 bits per heavy atom. The summed E-state index contributed by atoms with van der Waals surface area (Å²) in [5.41, 5.74) is 5.50. The summed E-state index contributed by atoms with van der Waals surface area (Å²) in [6.07, 6.45) is 1.16. The van der Waals surface area contributed by atoms with Crippen LogP contribution in [0.25, 0.3) is 0 Å². The van der Waals surface area contributed by atoms with E-state index in [2.05, 4.69) is 0 Å². The third kappa shape index (κ3) is 4.32. The number of nitrogens with two attached hydrogens (primary N) is 1. The molecule has 0 unspecified atom stereocenters. The Bertz CT molecular complexity index is 104. The molecule has 0 aromatic heterocycles. The number of carbonyl (C=O) groups excluding carboxylic acids is 1. The summed E-state index contributed by atoms with van der Waals surface area (Å²) in [6, 6.07) is -0.0425. The highest BCUT2D eigenvalue weighted by atomic mass is 16.5. The van der Waals surface area contributed by atoms with E-state index in [0.717, 1.165) is 6.42 Å². The fourth-order valence-corrected chi connectivity index (χ4v) is 0.578. The average Bonchev–Trinajstić information content (AvgIpc) is 1.88. The molecule has 0 bridgehead atoms. The zero-order valence-corrected chi connectivity index (χ0v) is 6.59. The Balaban J connectivity index is 3.37. The van der Waals surface area contributed by atoms with Crippen molar-refractivity contribution in [1.82, 2.24) is 0 Å². The lowest BCUT2D eigenvalue weighted by molar-refractivity contribution is -0.143. The molecular formula is C7H15NO2. The molecule has 0 aromatic rings. The molecule has 0 radical (unpaired) electrons. The second-order valence-electron chi connectivity index (χ2n) is 2.18. The molecule has 0 aliphatic heterocycles. The van der Waals surface area contributed by atoms with E-state index in [4.69, 9.17) is 10.5 Å². The van der Waals surface area contributed by atoms with Crippen molar-refractivity contribution in [3.63, 3.8) is 0 Å². The first-order valence-electron chi connectivity index (χ1n) is 3.61. The Morgan fingerprint density at radius 3 is 2.60 bits per heavy atom. The number of carbonyl (C=O) groups is 1. The lowest BCUT2D eigenvalue weighted by Crippen LogP contribution is -2.23. The van der Waals surface area contributed by atoms with Gasteiger partial charge in [0.05, 0.1) is 13.0 Å². The molecule has 10 heavy (non-hydrogen) atoms. The van der Waals surface area contributed by atoms with Crippen LogP contribution in [0.3, 0.4) is 0 Å². The fraction of sp³-hybridized carbons (Fsp3) is 0.857. The van der Waals surface area contributed by atoms with E-state index in [9.17, 15) is 4.79 Å². The van der Waals surface area contributed by atoms with Crippen molar-refractivity contribution < 1.29 is 9.53 Å². The Morgan fingerprint density at radius 2 is 2.20 bits per heavy atom. The van der Waals surface area contributed by atoms with Crippen molar-refractivity contribution in [3.05, 3.63) is 0 Å². The van der Waals surface area contributed by atoms with Crippen molar-refractivity contribution in [2.24, 2.45) is 5.73 Å². The molecular weight excluding hydrogens is 130 g/mol. The summed E-state index contributed by atoms with van der Waals surface area (Å²) < 4.78 is 4.70. The highest BCUT2D eigenvalue weighted by molar-refractivity contribution is 5.69. The minimum absolute atomic E-state index is 0.0425. The van der Waals surface area contributed by atoms with E-state index in [-0.39, 0.29) is 12.0 Å². The topological polar surface area (TPSA) is 52.3 Å². The first-order valence-corrected chi connectivity index (χ1v) is 3.61. The summed E-state index contributed by atoms with van der Waals surface area (Å²) in [5.74, 6) is -0.197. The van der Waals surface area contributed by atoms with Crippen LogP contribution in [0, 0.1) is 0 Å². The number of ether oxygens (including phenoxy) is 1. The molecule has 0 saturated heterocycles. The standard InChI is InChI=1S/C7H15NO2/c1-3-6(8)5-7(9)10-4-2/h6H,3-5,8H2,1-2H3/t6-/m1/s1. The van der Waals surface area contributed by atoms with Gasteiger partial charge in [0.2, 0.25) is 0 Å². The van der Waals surface area contributed by atoms with Crippen LogP contribution in [0.5, 0.6) is 0 Å². The maximum absolute atomic E-state index is 10.7. The minimum atomic E-state index is -0.197. The van der Waals surface area contributed by atoms with Gasteiger partial charge in [0.1, 0.15) is 0 Å². The summed E-state index contributed by atoms with van der Waals surface area (Å²) in [6.45, 7) is 4.18. The van der Waals surface area contributed by atoms with Gasteiger partial charge < -0.3 is 10.5 Å². The monoisotopic (exact) mass is 145 g/mol. The quantitative estimate of drug-likeness (QED) is 0.592. The fourth-order valence-electron chi connectivity index (χ4n) is 0.578. The summed E-state index contributed by atoms with van der Waals surface area (Å²) in [7, 11) is 0. The zero-order valence-electron chi connectivity index (χ0n) is 6.59. The summed E-state index contributed by atoms with van der Waals surface area (Å²) in [4.78, 5) is 10.7. The number of hydrogen-bond donors (Lipinski definition) is 1. The van der Waals surface area contributed by atoms with Crippen molar-refractivity contribution >= 4 is 5.97 Å². The molecule has 0 heterocycles. The van der Waals surface area contributed by atoms with Crippen molar-refractivity contribution in [2.75, 3.05) is 6.61 Å². The van der Waals surface area contributed by atoms with Crippen LogP contribution in [0.15, 0.2) is 0 Å². The summed E-state index contributed by atoms with van der Waals surface area (Å²) >= 11 is 0. The Hall–Kier alpha value is -0.570. The van der Waals surface area contributed by atoms with Crippen molar-refractivity contribution in [2.45, 2.75) is 32.7 Å². The van der Waals surface area contributed by atoms with E-state index >= 15 is 0 Å². The Kier molecular flexibility index (Phi) is 4.94. The molecule has 0 spiro atoms. The van der Waals surface area contributed by atoms with Crippen LogP contribution in [-0.2, 0) is 9.53 Å². The molecule has 0 aromatic carbocycles. The van der Waals surface area contributed by atoms with Crippen LogP contribution < -0.4 is 5.73 Å². The second kappa shape index (κ2) is 5.23. The predicted molar refractivity (Wildman–Crippen MR) is 39.5 cm³/mol. The van der Waals surface area contributed by atoms with Gasteiger partial charge in [-0.3, -0.25) is 4.79 Å². The first kappa shape index (κ1) is 9.43. The van der Waals surface area contributed by atoms with E-state index in [1.54, 1.807) is 6.92 Å². The van der Waals surface area contributed by atoms with Gasteiger partial charge in [-0.15, -0.1) is 0 Å². The van der Waals surface area contributed by atoms with Crippen molar-refractivity contribution in [3.8, 4) is 0 Å². The van der Waals surface area contributed by atoms with Gasteiger partial charge in [-0.05, 0) is 13.3 Å². The maximum Gasteiger partial charge on any atom is 0.307 e. The average molecular weight is 145 g/mol. The molecule has 60 valence electrons. The van der Waals surface area contributed by atoms with Gasteiger partial charge in [-0.2, -0.15) is 0 Å². The van der Waals surface area contributed by atoms with Gasteiger partial charge in [0.25, 0.3) is 0 Å². The number of hydrogen-bond acceptors (Lipinski definition) is 3. The highest BCUT2D eigenvalue weighted by Gasteiger charge is 2.06. The van der Waals surface area contributed by atoms with Gasteiger partial charge in [0, 0.05) is 6.04 Å². The zero-order chi connectivity index (χ0) is 7.98. The highest BCUT2D eigenvalue weighted by Crippen LogP contribution is 1.95. The van der Waals surface area contributed by atoms with Crippen LogP contribution in [-0.4, -0.2) is 18.6 Å². The molecule has 2 N–H and O–H groups in total. The van der Waals surface area contributed by atoms with E-state index in [1.165, 1.54) is 0 Å². The third-order valence-corrected chi connectivity index (χ3v) is 1.26. The van der Waals surface area contributed by atoms with Gasteiger partial charge in [0.15, 0.2) is 0 Å². The summed E-state index contributed by atoms with van der Waals surface area (Å²) in [5, 5.41) is 0. The SMILES string of the molecule is CCOC(=O)C[C@H](N)CC.